The van der Waals surface area contributed by atoms with Crippen molar-refractivity contribution in [3.05, 3.63) is 29.3 Å². The Kier molecular flexibility index (Phi) is 2.11. The number of aliphatic hydroxyl groups excluding tert-OH is 1. The highest BCUT2D eigenvalue weighted by molar-refractivity contribution is 6.20. The third kappa shape index (κ3) is 1.19. The van der Waals surface area contributed by atoms with E-state index >= 15 is 0 Å². The lowest BCUT2D eigenvalue weighted by Crippen LogP contribution is -2.54. The minimum Gasteiger partial charge on any atom is -0.507 e. The van der Waals surface area contributed by atoms with Crippen molar-refractivity contribution >= 4 is 11.6 Å². The Hall–Kier alpha value is -1.72. The predicted octanol–water partition coefficient (Wildman–Crippen LogP) is -0.117. The predicted molar refractivity (Wildman–Crippen MR) is 53.4 cm³/mol. The number of hydrogen-bond acceptors (Lipinski definition) is 5. The largest absolute Gasteiger partial charge is 0.507 e. The highest BCUT2D eigenvalue weighted by Gasteiger charge is 2.49. The number of aromatic hydroxyl groups is 1. The molecule has 0 fully saturated rings. The summed E-state index contributed by atoms with van der Waals surface area (Å²) >= 11 is 0. The molecule has 84 valence electrons. The SMILES string of the molecule is C[C@@]1(O)C(=O)c2cccc(O)c2C(=O)[C@@H]1O. The van der Waals surface area contributed by atoms with E-state index in [1.807, 2.05) is 0 Å². The second-order valence-corrected chi connectivity index (χ2v) is 3.94. The van der Waals surface area contributed by atoms with Gasteiger partial charge in [-0.15, -0.1) is 0 Å². The second-order valence-electron chi connectivity index (χ2n) is 3.94. The number of carbonyl (C=O) groups excluding carboxylic acids is 2. The van der Waals surface area contributed by atoms with Crippen LogP contribution >= 0.6 is 0 Å². The molecule has 1 aromatic rings. The molecule has 0 unspecified atom stereocenters. The average Bonchev–Trinajstić information content (AvgIpc) is 2.24. The van der Waals surface area contributed by atoms with Gasteiger partial charge in [-0.25, -0.2) is 0 Å². The summed E-state index contributed by atoms with van der Waals surface area (Å²) in [7, 11) is 0. The van der Waals surface area contributed by atoms with E-state index in [2.05, 4.69) is 0 Å². The first-order chi connectivity index (χ1) is 7.37. The minimum absolute atomic E-state index is 0.0692. The van der Waals surface area contributed by atoms with Crippen molar-refractivity contribution in [2.24, 2.45) is 0 Å². The number of hydrogen-bond donors (Lipinski definition) is 3. The third-order valence-corrected chi connectivity index (χ3v) is 2.77. The third-order valence-electron chi connectivity index (χ3n) is 2.77. The number of phenols is 1. The topological polar surface area (TPSA) is 94.8 Å². The van der Waals surface area contributed by atoms with Crippen LogP contribution in [0.3, 0.4) is 0 Å². The number of fused-ring (bicyclic) bond motifs is 1. The lowest BCUT2D eigenvalue weighted by atomic mass is 9.77. The van der Waals surface area contributed by atoms with Gasteiger partial charge >= 0.3 is 0 Å². The van der Waals surface area contributed by atoms with Crippen LogP contribution < -0.4 is 0 Å². The number of Topliss-reactive ketones (excluding diaryl/α,β-unsaturated/α-hetero) is 2. The fourth-order valence-corrected chi connectivity index (χ4v) is 1.78. The standard InChI is InChI=1S/C11H10O5/c1-11(16)9(14)5-3-2-4-6(12)7(5)8(13)10(11)15/h2-4,10,12,15-16H,1H3/t10-,11+/m0/s1. The Balaban J connectivity index is 2.75. The Morgan fingerprint density at radius 2 is 1.94 bits per heavy atom. The van der Waals surface area contributed by atoms with E-state index in [1.165, 1.54) is 18.2 Å². The fourth-order valence-electron chi connectivity index (χ4n) is 1.78. The fraction of sp³-hybridized carbons (Fsp3) is 0.273. The van der Waals surface area contributed by atoms with E-state index in [0.717, 1.165) is 6.92 Å². The molecule has 0 aromatic heterocycles. The van der Waals surface area contributed by atoms with Crippen LogP contribution in [0.1, 0.15) is 27.6 Å². The Bertz CT molecular complexity index is 489. The molecule has 0 heterocycles. The molecule has 0 aliphatic heterocycles. The summed E-state index contributed by atoms with van der Waals surface area (Å²) in [5, 5.41) is 28.7. The summed E-state index contributed by atoms with van der Waals surface area (Å²) in [6.45, 7) is 1.07. The zero-order valence-electron chi connectivity index (χ0n) is 8.47. The van der Waals surface area contributed by atoms with E-state index in [9.17, 15) is 24.9 Å². The van der Waals surface area contributed by atoms with Crippen molar-refractivity contribution in [3.8, 4) is 5.75 Å². The van der Waals surface area contributed by atoms with Crippen molar-refractivity contribution in [2.45, 2.75) is 18.6 Å². The number of phenolic OH excluding ortho intramolecular Hbond substituents is 1. The van der Waals surface area contributed by atoms with E-state index in [-0.39, 0.29) is 16.9 Å². The summed E-state index contributed by atoms with van der Waals surface area (Å²) in [4.78, 5) is 23.4. The highest BCUT2D eigenvalue weighted by atomic mass is 16.4. The van der Waals surface area contributed by atoms with Crippen LogP contribution in [-0.2, 0) is 0 Å². The van der Waals surface area contributed by atoms with Gasteiger partial charge in [0, 0.05) is 5.56 Å². The number of benzene rings is 1. The van der Waals surface area contributed by atoms with Crippen LogP contribution in [0.5, 0.6) is 5.75 Å². The maximum atomic E-state index is 11.8. The number of ketones is 2. The van der Waals surface area contributed by atoms with Gasteiger partial charge in [-0.2, -0.15) is 0 Å². The molecule has 1 aromatic carbocycles. The van der Waals surface area contributed by atoms with Crippen LogP contribution in [0.2, 0.25) is 0 Å². The summed E-state index contributed by atoms with van der Waals surface area (Å²) in [5.41, 5.74) is -2.44. The molecular weight excluding hydrogens is 212 g/mol. The lowest BCUT2D eigenvalue weighted by molar-refractivity contribution is -0.0307. The normalized spacial score (nSPS) is 29.1. The molecule has 0 radical (unpaired) electrons. The van der Waals surface area contributed by atoms with Crippen LogP contribution in [-0.4, -0.2) is 38.6 Å². The van der Waals surface area contributed by atoms with E-state index < -0.39 is 23.3 Å². The van der Waals surface area contributed by atoms with Crippen molar-refractivity contribution in [1.29, 1.82) is 0 Å². The lowest BCUT2D eigenvalue weighted by Gasteiger charge is -2.32. The number of rotatable bonds is 0. The number of aliphatic hydroxyl groups is 2. The van der Waals surface area contributed by atoms with Gasteiger partial charge in [-0.05, 0) is 13.0 Å². The van der Waals surface area contributed by atoms with Gasteiger partial charge in [-0.1, -0.05) is 12.1 Å². The molecule has 0 amide bonds. The van der Waals surface area contributed by atoms with Crippen LogP contribution in [0.4, 0.5) is 0 Å². The molecule has 5 heteroatoms. The van der Waals surface area contributed by atoms with Gasteiger partial charge in [-0.3, -0.25) is 9.59 Å². The first-order valence-corrected chi connectivity index (χ1v) is 4.69. The van der Waals surface area contributed by atoms with Gasteiger partial charge < -0.3 is 15.3 Å². The smallest absolute Gasteiger partial charge is 0.199 e. The summed E-state index contributed by atoms with van der Waals surface area (Å²) in [5.74, 6) is -1.99. The van der Waals surface area contributed by atoms with Gasteiger partial charge in [0.2, 0.25) is 0 Å². The first kappa shape index (κ1) is 10.8. The van der Waals surface area contributed by atoms with Crippen LogP contribution in [0, 0.1) is 0 Å². The minimum atomic E-state index is -2.14. The van der Waals surface area contributed by atoms with Gasteiger partial charge in [0.05, 0.1) is 5.56 Å². The highest BCUT2D eigenvalue weighted by Crippen LogP contribution is 2.33. The van der Waals surface area contributed by atoms with Crippen LogP contribution in [0.15, 0.2) is 18.2 Å². The molecule has 3 N–H and O–H groups in total. The maximum Gasteiger partial charge on any atom is 0.199 e. The molecule has 5 nitrogen and oxygen atoms in total. The van der Waals surface area contributed by atoms with E-state index in [1.54, 1.807) is 0 Å². The molecule has 0 spiro atoms. The van der Waals surface area contributed by atoms with Gasteiger partial charge in [0.25, 0.3) is 0 Å². The number of carbonyl (C=O) groups is 2. The maximum absolute atomic E-state index is 11.8. The zero-order chi connectivity index (χ0) is 12.1. The molecule has 2 atom stereocenters. The molecule has 0 saturated carbocycles. The molecular formula is C11H10O5. The quantitative estimate of drug-likeness (QED) is 0.569. The molecule has 0 saturated heterocycles. The molecule has 2 rings (SSSR count). The van der Waals surface area contributed by atoms with Crippen molar-refractivity contribution in [2.75, 3.05) is 0 Å². The summed E-state index contributed by atoms with van der Waals surface area (Å²) in [6.07, 6.45) is -1.85. The Morgan fingerprint density at radius 3 is 2.56 bits per heavy atom. The van der Waals surface area contributed by atoms with Crippen molar-refractivity contribution in [1.82, 2.24) is 0 Å². The average molecular weight is 222 g/mol. The monoisotopic (exact) mass is 222 g/mol. The Labute approximate surface area is 91.0 Å². The molecule has 1 aliphatic rings. The Morgan fingerprint density at radius 1 is 1.31 bits per heavy atom. The first-order valence-electron chi connectivity index (χ1n) is 4.69. The summed E-state index contributed by atoms with van der Waals surface area (Å²) in [6, 6.07) is 3.97. The van der Waals surface area contributed by atoms with Gasteiger partial charge in [0.15, 0.2) is 23.3 Å². The second kappa shape index (κ2) is 3.13. The van der Waals surface area contributed by atoms with Gasteiger partial charge in [0.1, 0.15) is 5.75 Å². The summed E-state index contributed by atoms with van der Waals surface area (Å²) < 4.78 is 0. The molecule has 0 bridgehead atoms. The van der Waals surface area contributed by atoms with Crippen molar-refractivity contribution in [3.63, 3.8) is 0 Å². The molecule has 1 aliphatic carbocycles. The van der Waals surface area contributed by atoms with Crippen molar-refractivity contribution < 1.29 is 24.9 Å². The van der Waals surface area contributed by atoms with Crippen LogP contribution in [0.25, 0.3) is 0 Å². The zero-order valence-corrected chi connectivity index (χ0v) is 8.47. The molecule has 16 heavy (non-hydrogen) atoms. The van der Waals surface area contributed by atoms with E-state index in [0.29, 0.717) is 0 Å². The van der Waals surface area contributed by atoms with E-state index in [4.69, 9.17) is 0 Å².